The number of hydrogen-bond donors (Lipinski definition) is 0. The summed E-state index contributed by atoms with van der Waals surface area (Å²) in [5.41, 5.74) is 0.833. The number of fused-ring (bicyclic) bond motifs is 1. The van der Waals surface area contributed by atoms with Gasteiger partial charge in [0.1, 0.15) is 10.8 Å². The van der Waals surface area contributed by atoms with Crippen molar-refractivity contribution >= 4 is 41.4 Å². The molecule has 2 aromatic heterocycles. The van der Waals surface area contributed by atoms with Gasteiger partial charge in [-0.2, -0.15) is 0 Å². The van der Waals surface area contributed by atoms with Crippen LogP contribution in [0.25, 0.3) is 5.65 Å². The number of aromatic nitrogens is 3. The minimum atomic E-state index is 0. The molecule has 0 bridgehead atoms. The molecule has 3 nitrogen and oxygen atoms in total. The molecule has 0 amide bonds. The average molecular weight is 236 g/mol. The predicted molar refractivity (Wildman–Crippen MR) is 57.0 cm³/mol. The van der Waals surface area contributed by atoms with Crippen molar-refractivity contribution in [2.24, 2.45) is 0 Å². The van der Waals surface area contributed by atoms with Crippen LogP contribution in [0.4, 0.5) is 0 Å². The van der Waals surface area contributed by atoms with Gasteiger partial charge < -0.3 is 0 Å². The van der Waals surface area contributed by atoms with E-state index in [1.807, 2.05) is 16.9 Å². The Morgan fingerprint density at radius 1 is 1.54 bits per heavy atom. The van der Waals surface area contributed by atoms with Gasteiger partial charge >= 0.3 is 0 Å². The fourth-order valence-corrected chi connectivity index (χ4v) is 1.78. The lowest BCUT2D eigenvalue weighted by Gasteiger charge is -2.00. The highest BCUT2D eigenvalue weighted by atomic mass is 35.5. The summed E-state index contributed by atoms with van der Waals surface area (Å²) in [5, 5.41) is 1.34. The fourth-order valence-electron chi connectivity index (χ4n) is 1.01. The molecule has 2 heterocycles. The highest BCUT2D eigenvalue weighted by molar-refractivity contribution is 7.98. The molecule has 0 saturated heterocycles. The number of rotatable bonds is 1. The molecular formula is C7H7Cl2N3S. The van der Waals surface area contributed by atoms with Gasteiger partial charge in [0, 0.05) is 18.5 Å². The summed E-state index contributed by atoms with van der Waals surface area (Å²) in [4.78, 5) is 8.26. The van der Waals surface area contributed by atoms with Crippen molar-refractivity contribution in [1.29, 1.82) is 0 Å². The second kappa shape index (κ2) is 4.17. The van der Waals surface area contributed by atoms with Gasteiger partial charge in [-0.25, -0.2) is 9.97 Å². The number of halogens is 2. The van der Waals surface area contributed by atoms with Crippen molar-refractivity contribution in [3.63, 3.8) is 0 Å². The minimum Gasteiger partial charge on any atom is -0.279 e. The lowest BCUT2D eigenvalue weighted by atomic mass is 10.6. The summed E-state index contributed by atoms with van der Waals surface area (Å²) < 4.78 is 1.90. The first-order valence-electron chi connectivity index (χ1n) is 3.35. The number of thioether (sulfide) groups is 1. The molecule has 70 valence electrons. The van der Waals surface area contributed by atoms with Gasteiger partial charge in [0.15, 0.2) is 5.16 Å². The molecule has 0 aliphatic carbocycles. The van der Waals surface area contributed by atoms with Crippen LogP contribution in [0.2, 0.25) is 5.15 Å². The Bertz CT molecular complexity index is 415. The van der Waals surface area contributed by atoms with Gasteiger partial charge in [0.2, 0.25) is 0 Å². The Kier molecular flexibility index (Phi) is 3.41. The molecule has 0 aliphatic heterocycles. The van der Waals surface area contributed by atoms with E-state index < -0.39 is 0 Å². The Morgan fingerprint density at radius 3 is 3.00 bits per heavy atom. The van der Waals surface area contributed by atoms with Crippen LogP contribution in [0.1, 0.15) is 0 Å². The monoisotopic (exact) mass is 235 g/mol. The first kappa shape index (κ1) is 10.6. The molecule has 0 radical (unpaired) electrons. The maximum Gasteiger partial charge on any atom is 0.174 e. The van der Waals surface area contributed by atoms with Crippen LogP contribution in [0, 0.1) is 0 Å². The minimum absolute atomic E-state index is 0. The van der Waals surface area contributed by atoms with Gasteiger partial charge in [0.25, 0.3) is 0 Å². The van der Waals surface area contributed by atoms with Crippen LogP contribution in [0.3, 0.4) is 0 Å². The molecule has 0 aliphatic rings. The molecule has 2 rings (SSSR count). The molecule has 2 aromatic rings. The molecule has 0 fully saturated rings. The normalized spacial score (nSPS) is 10.0. The summed E-state index contributed by atoms with van der Waals surface area (Å²) >= 11 is 7.33. The molecule has 0 aromatic carbocycles. The van der Waals surface area contributed by atoms with Gasteiger partial charge in [-0.3, -0.25) is 4.40 Å². The number of hydrogen-bond acceptors (Lipinski definition) is 3. The predicted octanol–water partition coefficient (Wildman–Crippen LogP) is 2.53. The van der Waals surface area contributed by atoms with Crippen molar-refractivity contribution in [2.75, 3.05) is 6.26 Å². The van der Waals surface area contributed by atoms with Crippen molar-refractivity contribution in [2.45, 2.75) is 5.16 Å². The van der Waals surface area contributed by atoms with Gasteiger partial charge in [-0.15, -0.1) is 12.4 Å². The van der Waals surface area contributed by atoms with Gasteiger partial charge in [-0.05, 0) is 6.26 Å². The summed E-state index contributed by atoms with van der Waals surface area (Å²) in [7, 11) is 0. The summed E-state index contributed by atoms with van der Waals surface area (Å²) in [6, 6.07) is 1.74. The van der Waals surface area contributed by atoms with Crippen LogP contribution in [0.5, 0.6) is 0 Å². The van der Waals surface area contributed by atoms with Crippen LogP contribution in [0.15, 0.2) is 23.6 Å². The topological polar surface area (TPSA) is 30.2 Å². The van der Waals surface area contributed by atoms with Gasteiger partial charge in [-0.1, -0.05) is 23.4 Å². The molecule has 13 heavy (non-hydrogen) atoms. The molecule has 0 atom stereocenters. The fraction of sp³-hybridized carbons (Fsp3) is 0.143. The Hall–Kier alpha value is -0.450. The Morgan fingerprint density at radius 2 is 2.31 bits per heavy atom. The summed E-state index contributed by atoms with van der Waals surface area (Å²) in [6.07, 6.45) is 5.55. The second-order valence-corrected chi connectivity index (χ2v) is 3.38. The zero-order valence-electron chi connectivity index (χ0n) is 6.77. The van der Waals surface area contributed by atoms with Crippen LogP contribution in [-0.2, 0) is 0 Å². The van der Waals surface area contributed by atoms with Crippen molar-refractivity contribution in [1.82, 2.24) is 14.4 Å². The third-order valence-electron chi connectivity index (χ3n) is 1.51. The van der Waals surface area contributed by atoms with E-state index in [1.165, 1.54) is 0 Å². The van der Waals surface area contributed by atoms with Crippen molar-refractivity contribution in [3.05, 3.63) is 23.6 Å². The smallest absolute Gasteiger partial charge is 0.174 e. The maximum atomic E-state index is 5.78. The zero-order valence-corrected chi connectivity index (χ0v) is 9.16. The second-order valence-electron chi connectivity index (χ2n) is 2.22. The first-order valence-corrected chi connectivity index (χ1v) is 4.95. The molecule has 0 N–H and O–H groups in total. The standard InChI is InChI=1S/C7H6ClN3S.ClH/c1-12-7-10-5(8)4-6-9-2-3-11(6)7;/h2-4H,1H3;1H. The van der Waals surface area contributed by atoms with E-state index in [0.717, 1.165) is 10.8 Å². The van der Waals surface area contributed by atoms with Crippen LogP contribution >= 0.6 is 35.8 Å². The van der Waals surface area contributed by atoms with Crippen molar-refractivity contribution < 1.29 is 0 Å². The molecule has 0 saturated carbocycles. The largest absolute Gasteiger partial charge is 0.279 e. The summed E-state index contributed by atoms with van der Waals surface area (Å²) in [5.74, 6) is 0. The van der Waals surface area contributed by atoms with Crippen LogP contribution < -0.4 is 0 Å². The zero-order chi connectivity index (χ0) is 8.55. The van der Waals surface area contributed by atoms with E-state index in [9.17, 15) is 0 Å². The van der Waals surface area contributed by atoms with E-state index in [4.69, 9.17) is 11.6 Å². The maximum absolute atomic E-state index is 5.78. The lowest BCUT2D eigenvalue weighted by molar-refractivity contribution is 0.906. The molecule has 0 spiro atoms. The first-order chi connectivity index (χ1) is 5.81. The number of nitrogens with zero attached hydrogens (tertiary/aromatic N) is 3. The average Bonchev–Trinajstić information content (AvgIpc) is 2.50. The van der Waals surface area contributed by atoms with Crippen molar-refractivity contribution in [3.8, 4) is 0 Å². The third kappa shape index (κ3) is 1.90. The highest BCUT2D eigenvalue weighted by Gasteiger charge is 2.02. The Balaban J connectivity index is 0.000000845. The van der Waals surface area contributed by atoms with E-state index >= 15 is 0 Å². The SMILES string of the molecule is CSc1nc(Cl)cc2nccn12.Cl. The third-order valence-corrected chi connectivity index (χ3v) is 2.36. The molecule has 6 heteroatoms. The Labute approximate surface area is 90.9 Å². The van der Waals surface area contributed by atoms with E-state index in [-0.39, 0.29) is 12.4 Å². The highest BCUT2D eigenvalue weighted by Crippen LogP contribution is 2.17. The lowest BCUT2D eigenvalue weighted by Crippen LogP contribution is -1.92. The summed E-state index contributed by atoms with van der Waals surface area (Å²) in [6.45, 7) is 0. The molecular weight excluding hydrogens is 229 g/mol. The number of imidazole rings is 1. The quantitative estimate of drug-likeness (QED) is 0.433. The molecule has 0 unspecified atom stereocenters. The van der Waals surface area contributed by atoms with E-state index in [0.29, 0.717) is 5.15 Å². The van der Waals surface area contributed by atoms with E-state index in [2.05, 4.69) is 9.97 Å². The van der Waals surface area contributed by atoms with Crippen LogP contribution in [-0.4, -0.2) is 20.6 Å². The van der Waals surface area contributed by atoms with Gasteiger partial charge in [0.05, 0.1) is 0 Å². The van der Waals surface area contributed by atoms with E-state index in [1.54, 1.807) is 24.0 Å².